The summed E-state index contributed by atoms with van der Waals surface area (Å²) in [6.45, 7) is -0.198. The van der Waals surface area contributed by atoms with Gasteiger partial charge in [0.15, 0.2) is 0 Å². The van der Waals surface area contributed by atoms with Gasteiger partial charge >= 0.3 is 5.69 Å². The average molecular weight is 332 g/mol. The van der Waals surface area contributed by atoms with Gasteiger partial charge in [-0.25, -0.2) is 4.79 Å². The van der Waals surface area contributed by atoms with E-state index in [4.69, 9.17) is 4.74 Å². The van der Waals surface area contributed by atoms with Crippen molar-refractivity contribution < 1.29 is 14.9 Å². The standard InChI is InChI=1S/C17H20N2O5/c20-9-12-4-2-1-3-11(12)7-13-8-16(24-14(13)10-21)19-6-5-15(22)18-17(19)23/h1-6,13-14,16,20-21H,7-10H2,(H,18,22,23). The first-order chi connectivity index (χ1) is 11.6. The molecular formula is C17H20N2O5. The molecule has 1 aromatic carbocycles. The van der Waals surface area contributed by atoms with Gasteiger partial charge in [-0.2, -0.15) is 0 Å². The third kappa shape index (κ3) is 3.33. The van der Waals surface area contributed by atoms with Crippen molar-refractivity contribution in [3.8, 4) is 0 Å². The normalized spacial score (nSPS) is 23.5. The number of aromatic nitrogens is 2. The summed E-state index contributed by atoms with van der Waals surface area (Å²) in [6, 6.07) is 8.85. The second-order valence-electron chi connectivity index (χ2n) is 5.96. The quantitative estimate of drug-likeness (QED) is 0.724. The Labute approximate surface area is 138 Å². The molecule has 7 heteroatoms. The average Bonchev–Trinajstić information content (AvgIpc) is 2.98. The Kier molecular flexibility index (Phi) is 4.94. The molecule has 0 amide bonds. The van der Waals surface area contributed by atoms with Crippen LogP contribution in [0, 0.1) is 5.92 Å². The molecule has 1 saturated heterocycles. The van der Waals surface area contributed by atoms with Crippen LogP contribution in [-0.2, 0) is 17.8 Å². The topological polar surface area (TPSA) is 105 Å². The van der Waals surface area contributed by atoms with Gasteiger partial charge in [-0.05, 0) is 29.9 Å². The summed E-state index contributed by atoms with van der Waals surface area (Å²) in [7, 11) is 0. The summed E-state index contributed by atoms with van der Waals surface area (Å²) >= 11 is 0. The Morgan fingerprint density at radius 2 is 1.92 bits per heavy atom. The first-order valence-corrected chi connectivity index (χ1v) is 7.87. The maximum absolute atomic E-state index is 11.9. The minimum absolute atomic E-state index is 0.00604. The molecule has 3 unspecified atom stereocenters. The third-order valence-corrected chi connectivity index (χ3v) is 4.47. The lowest BCUT2D eigenvalue weighted by atomic mass is 9.90. The molecule has 1 fully saturated rings. The van der Waals surface area contributed by atoms with Crippen LogP contribution < -0.4 is 11.2 Å². The number of aliphatic hydroxyl groups excluding tert-OH is 2. The molecule has 0 spiro atoms. The van der Waals surface area contributed by atoms with E-state index in [0.717, 1.165) is 11.1 Å². The molecule has 0 radical (unpaired) electrons. The number of aromatic amines is 1. The molecule has 2 aromatic rings. The van der Waals surface area contributed by atoms with Crippen LogP contribution in [-0.4, -0.2) is 32.5 Å². The molecule has 7 nitrogen and oxygen atoms in total. The predicted octanol–water partition coefficient (Wildman–Crippen LogP) is 0.168. The molecule has 0 bridgehead atoms. The zero-order valence-electron chi connectivity index (χ0n) is 13.1. The van der Waals surface area contributed by atoms with Crippen LogP contribution >= 0.6 is 0 Å². The molecule has 0 saturated carbocycles. The van der Waals surface area contributed by atoms with Crippen molar-refractivity contribution in [2.75, 3.05) is 6.61 Å². The molecule has 2 heterocycles. The minimum atomic E-state index is -0.530. The van der Waals surface area contributed by atoms with Crippen LogP contribution in [0.25, 0.3) is 0 Å². The van der Waals surface area contributed by atoms with E-state index in [1.807, 2.05) is 24.3 Å². The van der Waals surface area contributed by atoms with Crippen LogP contribution in [0.5, 0.6) is 0 Å². The van der Waals surface area contributed by atoms with Gasteiger partial charge in [-0.1, -0.05) is 24.3 Å². The van der Waals surface area contributed by atoms with Gasteiger partial charge in [0.1, 0.15) is 6.23 Å². The highest BCUT2D eigenvalue weighted by Gasteiger charge is 2.36. The molecule has 1 aliphatic rings. The number of hydrogen-bond donors (Lipinski definition) is 3. The summed E-state index contributed by atoms with van der Waals surface area (Å²) in [4.78, 5) is 25.3. The van der Waals surface area contributed by atoms with Crippen molar-refractivity contribution in [3.63, 3.8) is 0 Å². The maximum atomic E-state index is 11.9. The molecule has 0 aliphatic carbocycles. The maximum Gasteiger partial charge on any atom is 0.330 e. The van der Waals surface area contributed by atoms with Crippen LogP contribution in [0.2, 0.25) is 0 Å². The van der Waals surface area contributed by atoms with E-state index >= 15 is 0 Å². The smallest absolute Gasteiger partial charge is 0.330 e. The number of nitrogens with one attached hydrogen (secondary N) is 1. The number of benzene rings is 1. The molecule has 1 aromatic heterocycles. The summed E-state index contributed by atoms with van der Waals surface area (Å²) in [6.07, 6.45) is 1.65. The number of nitrogens with zero attached hydrogens (tertiary/aromatic N) is 1. The first kappa shape index (κ1) is 16.6. The van der Waals surface area contributed by atoms with E-state index in [1.54, 1.807) is 0 Å². The molecular weight excluding hydrogens is 312 g/mol. The summed E-state index contributed by atoms with van der Waals surface area (Å²) in [5.41, 5.74) is 0.863. The van der Waals surface area contributed by atoms with Gasteiger partial charge in [0.2, 0.25) is 0 Å². The molecule has 128 valence electrons. The lowest BCUT2D eigenvalue weighted by Crippen LogP contribution is -2.31. The van der Waals surface area contributed by atoms with Crippen molar-refractivity contribution >= 4 is 0 Å². The van der Waals surface area contributed by atoms with Crippen molar-refractivity contribution in [3.05, 3.63) is 68.5 Å². The van der Waals surface area contributed by atoms with Crippen LogP contribution in [0.15, 0.2) is 46.1 Å². The zero-order chi connectivity index (χ0) is 17.1. The SMILES string of the molecule is O=c1ccn(C2CC(Cc3ccccc3CO)C(CO)O2)c(=O)[nH]1. The highest BCUT2D eigenvalue weighted by atomic mass is 16.5. The third-order valence-electron chi connectivity index (χ3n) is 4.47. The van der Waals surface area contributed by atoms with E-state index in [2.05, 4.69) is 4.98 Å². The Balaban J connectivity index is 1.82. The Hall–Kier alpha value is -2.22. The Bertz CT molecular complexity index is 813. The van der Waals surface area contributed by atoms with Crippen LogP contribution in [0.4, 0.5) is 0 Å². The number of hydrogen-bond acceptors (Lipinski definition) is 5. The Morgan fingerprint density at radius 3 is 2.58 bits per heavy atom. The van der Waals surface area contributed by atoms with Gasteiger partial charge in [0, 0.05) is 12.3 Å². The minimum Gasteiger partial charge on any atom is -0.394 e. The van der Waals surface area contributed by atoms with E-state index in [0.29, 0.717) is 12.8 Å². The fourth-order valence-corrected chi connectivity index (χ4v) is 3.21. The lowest BCUT2D eigenvalue weighted by molar-refractivity contribution is -0.0326. The molecule has 3 atom stereocenters. The molecule has 24 heavy (non-hydrogen) atoms. The van der Waals surface area contributed by atoms with Gasteiger partial charge < -0.3 is 14.9 Å². The van der Waals surface area contributed by atoms with Gasteiger partial charge in [0.05, 0.1) is 19.3 Å². The molecule has 3 rings (SSSR count). The van der Waals surface area contributed by atoms with Crippen molar-refractivity contribution in [2.45, 2.75) is 31.8 Å². The lowest BCUT2D eigenvalue weighted by Gasteiger charge is -2.17. The summed E-state index contributed by atoms with van der Waals surface area (Å²) < 4.78 is 7.14. The second-order valence-corrected chi connectivity index (χ2v) is 5.96. The zero-order valence-corrected chi connectivity index (χ0v) is 13.1. The highest BCUT2D eigenvalue weighted by Crippen LogP contribution is 2.35. The van der Waals surface area contributed by atoms with E-state index in [9.17, 15) is 19.8 Å². The number of H-pyrrole nitrogens is 1. The van der Waals surface area contributed by atoms with E-state index < -0.39 is 23.6 Å². The largest absolute Gasteiger partial charge is 0.394 e. The fraction of sp³-hybridized carbons (Fsp3) is 0.412. The number of rotatable bonds is 5. The molecule has 1 aliphatic heterocycles. The van der Waals surface area contributed by atoms with Crippen molar-refractivity contribution in [1.29, 1.82) is 0 Å². The van der Waals surface area contributed by atoms with Gasteiger partial charge in [0.25, 0.3) is 5.56 Å². The summed E-state index contributed by atoms with van der Waals surface area (Å²) in [5.74, 6) is 0.00604. The van der Waals surface area contributed by atoms with E-state index in [1.165, 1.54) is 16.8 Å². The van der Waals surface area contributed by atoms with Gasteiger partial charge in [-0.3, -0.25) is 14.3 Å². The highest BCUT2D eigenvalue weighted by molar-refractivity contribution is 5.27. The first-order valence-electron chi connectivity index (χ1n) is 7.87. The van der Waals surface area contributed by atoms with E-state index in [-0.39, 0.29) is 19.1 Å². The van der Waals surface area contributed by atoms with Crippen LogP contribution in [0.3, 0.4) is 0 Å². The van der Waals surface area contributed by atoms with Gasteiger partial charge in [-0.15, -0.1) is 0 Å². The number of ether oxygens (including phenoxy) is 1. The monoisotopic (exact) mass is 332 g/mol. The molecule has 3 N–H and O–H groups in total. The Morgan fingerprint density at radius 1 is 1.17 bits per heavy atom. The summed E-state index contributed by atoms with van der Waals surface area (Å²) in [5, 5.41) is 19.0. The second kappa shape index (κ2) is 7.12. The van der Waals surface area contributed by atoms with Crippen LogP contribution in [0.1, 0.15) is 23.8 Å². The number of aliphatic hydroxyl groups is 2. The van der Waals surface area contributed by atoms with Crippen molar-refractivity contribution in [2.24, 2.45) is 5.92 Å². The predicted molar refractivity (Wildman–Crippen MR) is 86.5 cm³/mol. The van der Waals surface area contributed by atoms with Crippen molar-refractivity contribution in [1.82, 2.24) is 9.55 Å². The fourth-order valence-electron chi connectivity index (χ4n) is 3.21.